The molecule has 0 N–H and O–H groups in total. The van der Waals surface area contributed by atoms with Crippen LogP contribution >= 0.6 is 0 Å². The molecule has 26 heavy (non-hydrogen) atoms. The molecule has 4 heteroatoms. The summed E-state index contributed by atoms with van der Waals surface area (Å²) in [5.41, 5.74) is 5.31. The van der Waals surface area contributed by atoms with Crippen molar-refractivity contribution in [3.05, 3.63) is 77.4 Å². The van der Waals surface area contributed by atoms with Gasteiger partial charge in [-0.05, 0) is 65.9 Å². The third-order valence-electron chi connectivity index (χ3n) is 4.54. The maximum absolute atomic E-state index is 14.3. The Labute approximate surface area is 152 Å². The second-order valence-corrected chi connectivity index (χ2v) is 6.34. The lowest BCUT2D eigenvalue weighted by atomic mass is 9.95. The molecule has 132 valence electrons. The lowest BCUT2D eigenvalue weighted by Crippen LogP contribution is -1.96. The predicted molar refractivity (Wildman–Crippen MR) is 99.2 cm³/mol. The minimum Gasteiger partial charge on any atom is -0.492 e. The Kier molecular flexibility index (Phi) is 4.57. The summed E-state index contributed by atoms with van der Waals surface area (Å²) in [6, 6.07) is 13.4. The predicted octanol–water partition coefficient (Wildman–Crippen LogP) is 4.81. The van der Waals surface area contributed by atoms with Gasteiger partial charge in [-0.15, -0.1) is 0 Å². The summed E-state index contributed by atoms with van der Waals surface area (Å²) in [5.74, 6) is 0.796. The molecular formula is C22H20FNO2. The lowest BCUT2D eigenvalue weighted by Gasteiger charge is -2.13. The van der Waals surface area contributed by atoms with Gasteiger partial charge < -0.3 is 9.47 Å². The first-order chi connectivity index (χ1) is 12.7. The number of rotatable bonds is 5. The molecule has 0 saturated carbocycles. The number of aromatic nitrogens is 1. The monoisotopic (exact) mass is 349 g/mol. The quantitative estimate of drug-likeness (QED) is 0.662. The van der Waals surface area contributed by atoms with Gasteiger partial charge in [0.05, 0.1) is 13.2 Å². The normalized spacial score (nSPS) is 12.5. The van der Waals surface area contributed by atoms with Crippen molar-refractivity contribution in [3.8, 4) is 22.6 Å². The number of hydrogen-bond acceptors (Lipinski definition) is 3. The maximum Gasteiger partial charge on any atom is 0.165 e. The average molecular weight is 349 g/mol. The molecule has 0 aliphatic carbocycles. The van der Waals surface area contributed by atoms with Gasteiger partial charge in [-0.1, -0.05) is 12.1 Å². The first kappa shape index (κ1) is 16.6. The highest BCUT2D eigenvalue weighted by atomic mass is 19.1. The molecule has 2 aromatic carbocycles. The van der Waals surface area contributed by atoms with Crippen molar-refractivity contribution in [2.45, 2.75) is 19.8 Å². The van der Waals surface area contributed by atoms with E-state index in [1.165, 1.54) is 22.8 Å². The molecule has 3 aromatic rings. The second kappa shape index (κ2) is 7.16. The Hall–Kier alpha value is -2.88. The van der Waals surface area contributed by atoms with E-state index < -0.39 is 0 Å². The summed E-state index contributed by atoms with van der Waals surface area (Å²) in [6.07, 6.45) is 5.29. The first-order valence-corrected chi connectivity index (χ1v) is 8.85. The molecule has 0 fully saturated rings. The van der Waals surface area contributed by atoms with Gasteiger partial charge in [-0.3, -0.25) is 4.98 Å². The number of pyridine rings is 1. The summed E-state index contributed by atoms with van der Waals surface area (Å²) in [6.45, 7) is 2.95. The van der Waals surface area contributed by atoms with E-state index in [4.69, 9.17) is 9.47 Å². The molecule has 2 heterocycles. The molecule has 1 aromatic heterocycles. The van der Waals surface area contributed by atoms with E-state index in [0.717, 1.165) is 29.7 Å². The average Bonchev–Trinajstić information content (AvgIpc) is 3.12. The third-order valence-corrected chi connectivity index (χ3v) is 4.54. The van der Waals surface area contributed by atoms with E-state index in [0.29, 0.717) is 13.2 Å². The zero-order chi connectivity index (χ0) is 17.9. The van der Waals surface area contributed by atoms with Crippen LogP contribution in [0.25, 0.3) is 11.1 Å². The van der Waals surface area contributed by atoms with Gasteiger partial charge in [0.1, 0.15) is 5.75 Å². The third kappa shape index (κ3) is 3.27. The summed E-state index contributed by atoms with van der Waals surface area (Å²) < 4.78 is 25.5. The molecule has 0 atom stereocenters. The van der Waals surface area contributed by atoms with Crippen molar-refractivity contribution in [2.75, 3.05) is 13.2 Å². The minimum absolute atomic E-state index is 0.279. The van der Waals surface area contributed by atoms with Gasteiger partial charge in [0.25, 0.3) is 0 Å². The number of benzene rings is 2. The molecule has 0 unspecified atom stereocenters. The van der Waals surface area contributed by atoms with E-state index in [9.17, 15) is 4.39 Å². The highest BCUT2D eigenvalue weighted by Crippen LogP contribution is 2.39. The second-order valence-electron chi connectivity index (χ2n) is 6.34. The molecule has 0 amide bonds. The van der Waals surface area contributed by atoms with E-state index in [1.54, 1.807) is 18.5 Å². The van der Waals surface area contributed by atoms with Gasteiger partial charge in [0.2, 0.25) is 0 Å². The minimum atomic E-state index is -0.351. The number of ether oxygens (including phenoxy) is 2. The Morgan fingerprint density at radius 2 is 1.92 bits per heavy atom. The van der Waals surface area contributed by atoms with Crippen LogP contribution in [-0.4, -0.2) is 18.2 Å². The van der Waals surface area contributed by atoms with Crippen molar-refractivity contribution in [3.63, 3.8) is 0 Å². The van der Waals surface area contributed by atoms with Gasteiger partial charge in [0.15, 0.2) is 11.6 Å². The van der Waals surface area contributed by atoms with Crippen molar-refractivity contribution < 1.29 is 13.9 Å². The van der Waals surface area contributed by atoms with Crippen LogP contribution in [0.3, 0.4) is 0 Å². The lowest BCUT2D eigenvalue weighted by molar-refractivity contribution is 0.321. The smallest absolute Gasteiger partial charge is 0.165 e. The molecule has 1 aliphatic rings. The number of nitrogens with zero attached hydrogens (tertiary/aromatic N) is 1. The molecule has 0 spiro atoms. The molecule has 3 nitrogen and oxygen atoms in total. The Morgan fingerprint density at radius 1 is 1.08 bits per heavy atom. The fourth-order valence-electron chi connectivity index (χ4n) is 3.37. The Bertz CT molecular complexity index is 925. The summed E-state index contributed by atoms with van der Waals surface area (Å²) in [7, 11) is 0. The van der Waals surface area contributed by atoms with Gasteiger partial charge >= 0.3 is 0 Å². The van der Waals surface area contributed by atoms with Gasteiger partial charge in [0, 0.05) is 24.4 Å². The molecule has 0 saturated heterocycles. The van der Waals surface area contributed by atoms with E-state index in [1.807, 2.05) is 25.1 Å². The Balaban J connectivity index is 1.74. The van der Waals surface area contributed by atoms with Gasteiger partial charge in [-0.2, -0.15) is 0 Å². The molecule has 1 aliphatic heterocycles. The maximum atomic E-state index is 14.3. The first-order valence-electron chi connectivity index (χ1n) is 8.85. The molecule has 0 radical (unpaired) electrons. The fraction of sp³-hybridized carbons (Fsp3) is 0.227. The van der Waals surface area contributed by atoms with E-state index in [2.05, 4.69) is 17.1 Å². The topological polar surface area (TPSA) is 31.4 Å². The molecular weight excluding hydrogens is 329 g/mol. The fourth-order valence-corrected chi connectivity index (χ4v) is 3.37. The highest BCUT2D eigenvalue weighted by Gasteiger charge is 2.20. The van der Waals surface area contributed by atoms with E-state index in [-0.39, 0.29) is 11.6 Å². The highest BCUT2D eigenvalue weighted by molar-refractivity contribution is 5.74. The molecule has 0 bridgehead atoms. The number of hydrogen-bond donors (Lipinski definition) is 0. The summed E-state index contributed by atoms with van der Waals surface area (Å²) in [5, 5.41) is 0. The van der Waals surface area contributed by atoms with Crippen LogP contribution < -0.4 is 9.47 Å². The van der Waals surface area contributed by atoms with Crippen LogP contribution in [0.15, 0.2) is 54.9 Å². The SMILES string of the molecule is CCOc1ccc(-c2cc(Cc3ccncc3)cc3c2OCC3)cc1F. The largest absolute Gasteiger partial charge is 0.492 e. The summed E-state index contributed by atoms with van der Waals surface area (Å²) >= 11 is 0. The standard InChI is InChI=1S/C22H20FNO2/c1-2-25-21-4-3-17(14-20(21)23)19-13-16(11-15-5-8-24-9-6-15)12-18-7-10-26-22(18)19/h3-6,8-9,12-14H,2,7,10-11H2,1H3. The molecule has 4 rings (SSSR count). The van der Waals surface area contributed by atoms with Crippen LogP contribution in [0.2, 0.25) is 0 Å². The summed E-state index contributed by atoms with van der Waals surface area (Å²) in [4.78, 5) is 4.07. The number of halogens is 1. The van der Waals surface area contributed by atoms with Gasteiger partial charge in [-0.25, -0.2) is 4.39 Å². The van der Waals surface area contributed by atoms with Crippen molar-refractivity contribution >= 4 is 0 Å². The zero-order valence-corrected chi connectivity index (χ0v) is 14.7. The van der Waals surface area contributed by atoms with E-state index >= 15 is 0 Å². The number of fused-ring (bicyclic) bond motifs is 1. The van der Waals surface area contributed by atoms with Crippen LogP contribution in [0.1, 0.15) is 23.6 Å². The van der Waals surface area contributed by atoms with Crippen molar-refractivity contribution in [1.82, 2.24) is 4.98 Å². The van der Waals surface area contributed by atoms with Crippen LogP contribution in [0, 0.1) is 5.82 Å². The van der Waals surface area contributed by atoms with Crippen LogP contribution in [-0.2, 0) is 12.8 Å². The van der Waals surface area contributed by atoms with Crippen molar-refractivity contribution in [1.29, 1.82) is 0 Å². The Morgan fingerprint density at radius 3 is 2.69 bits per heavy atom. The van der Waals surface area contributed by atoms with Crippen LogP contribution in [0.4, 0.5) is 4.39 Å². The van der Waals surface area contributed by atoms with Crippen molar-refractivity contribution in [2.24, 2.45) is 0 Å². The van der Waals surface area contributed by atoms with Crippen LogP contribution in [0.5, 0.6) is 11.5 Å². The zero-order valence-electron chi connectivity index (χ0n) is 14.7.